The van der Waals surface area contributed by atoms with E-state index in [9.17, 15) is 0 Å². The van der Waals surface area contributed by atoms with E-state index >= 15 is 0 Å². The van der Waals surface area contributed by atoms with Gasteiger partial charge in [-0.1, -0.05) is 18.3 Å². The number of hydrazine groups is 1. The van der Waals surface area contributed by atoms with E-state index in [0.717, 1.165) is 22.7 Å². The Balaban J connectivity index is 2.17. The Morgan fingerprint density at radius 2 is 2.10 bits per heavy atom. The molecule has 2 aromatic rings. The van der Waals surface area contributed by atoms with Gasteiger partial charge in [-0.3, -0.25) is 16.0 Å². The second kappa shape index (κ2) is 6.43. The summed E-state index contributed by atoms with van der Waals surface area (Å²) in [7, 11) is 0. The molecule has 0 aliphatic carbocycles. The van der Waals surface area contributed by atoms with E-state index in [-0.39, 0.29) is 6.04 Å². The molecule has 1 unspecified atom stereocenters. The van der Waals surface area contributed by atoms with Gasteiger partial charge in [0.05, 0.1) is 22.3 Å². The quantitative estimate of drug-likeness (QED) is 0.630. The van der Waals surface area contributed by atoms with E-state index in [1.54, 1.807) is 0 Å². The number of nitrogens with one attached hydrogen (secondary N) is 1. The van der Waals surface area contributed by atoms with Crippen molar-refractivity contribution in [1.29, 1.82) is 0 Å². The summed E-state index contributed by atoms with van der Waals surface area (Å²) < 4.78 is 6.01. The topological polar surface area (TPSA) is 81.7 Å². The van der Waals surface area contributed by atoms with Gasteiger partial charge in [-0.05, 0) is 37.4 Å². The third kappa shape index (κ3) is 3.23. The molecule has 6 nitrogen and oxygen atoms in total. The van der Waals surface area contributed by atoms with Gasteiger partial charge >= 0.3 is 0 Å². The van der Waals surface area contributed by atoms with Gasteiger partial charge in [-0.2, -0.15) is 5.10 Å². The van der Waals surface area contributed by atoms with Crippen LogP contribution in [0.4, 0.5) is 0 Å². The predicted octanol–water partition coefficient (Wildman–Crippen LogP) is 2.19. The molecule has 3 N–H and O–H groups in total. The van der Waals surface area contributed by atoms with Crippen molar-refractivity contribution in [2.45, 2.75) is 52.1 Å². The summed E-state index contributed by atoms with van der Waals surface area (Å²) >= 11 is 1.40. The van der Waals surface area contributed by atoms with E-state index in [1.807, 2.05) is 16.9 Å². The Bertz CT molecular complexity index is 545. The zero-order valence-corrected chi connectivity index (χ0v) is 13.2. The van der Waals surface area contributed by atoms with E-state index in [0.29, 0.717) is 12.0 Å². The minimum atomic E-state index is 0.00270. The van der Waals surface area contributed by atoms with E-state index in [1.165, 1.54) is 11.5 Å². The lowest BCUT2D eigenvalue weighted by atomic mass is 10.0. The zero-order chi connectivity index (χ0) is 14.7. The molecule has 0 bridgehead atoms. The van der Waals surface area contributed by atoms with Crippen LogP contribution in [0.15, 0.2) is 12.3 Å². The first kappa shape index (κ1) is 15.1. The summed E-state index contributed by atoms with van der Waals surface area (Å²) in [5, 5.41) is 8.77. The Labute approximate surface area is 123 Å². The monoisotopic (exact) mass is 294 g/mol. The Hall–Kier alpha value is -1.31. The molecule has 0 radical (unpaired) electrons. The number of nitrogens with zero attached hydrogens (tertiary/aromatic N) is 4. The molecule has 110 valence electrons. The maximum Gasteiger partial charge on any atom is 0.0829 e. The van der Waals surface area contributed by atoms with Gasteiger partial charge < -0.3 is 0 Å². The van der Waals surface area contributed by atoms with Crippen molar-refractivity contribution in [2.75, 3.05) is 0 Å². The molecule has 20 heavy (non-hydrogen) atoms. The van der Waals surface area contributed by atoms with Gasteiger partial charge in [0.15, 0.2) is 0 Å². The van der Waals surface area contributed by atoms with Crippen molar-refractivity contribution in [3.63, 3.8) is 0 Å². The number of hydrogen-bond donors (Lipinski definition) is 2. The number of aromatic nitrogens is 4. The average Bonchev–Trinajstić information content (AvgIpc) is 3.04. The van der Waals surface area contributed by atoms with Crippen LogP contribution in [0.3, 0.4) is 0 Å². The number of nitrogens with two attached hydrogens (primary N) is 1. The lowest BCUT2D eigenvalue weighted by Gasteiger charge is -2.15. The largest absolute Gasteiger partial charge is 0.271 e. The molecule has 0 amide bonds. The highest BCUT2D eigenvalue weighted by atomic mass is 32.1. The van der Waals surface area contributed by atoms with Crippen molar-refractivity contribution in [3.8, 4) is 0 Å². The fourth-order valence-electron chi connectivity index (χ4n) is 2.06. The normalized spacial score (nSPS) is 13.3. The molecule has 0 aromatic carbocycles. The summed E-state index contributed by atoms with van der Waals surface area (Å²) in [6, 6.07) is 2.40. The van der Waals surface area contributed by atoms with Gasteiger partial charge in [0.2, 0.25) is 0 Å². The van der Waals surface area contributed by atoms with Crippen molar-refractivity contribution >= 4 is 11.5 Å². The minimum absolute atomic E-state index is 0.00270. The fourth-order valence-corrected chi connectivity index (χ4v) is 2.92. The number of rotatable bonds is 6. The van der Waals surface area contributed by atoms with Crippen LogP contribution in [-0.2, 0) is 6.42 Å². The fraction of sp³-hybridized carbons (Fsp3) is 0.615. The van der Waals surface area contributed by atoms with Crippen LogP contribution in [0.25, 0.3) is 0 Å². The molecule has 2 heterocycles. The Morgan fingerprint density at radius 3 is 2.65 bits per heavy atom. The highest BCUT2D eigenvalue weighted by Crippen LogP contribution is 2.27. The maximum atomic E-state index is 5.71. The predicted molar refractivity (Wildman–Crippen MR) is 80.4 cm³/mol. The first-order valence-corrected chi connectivity index (χ1v) is 7.62. The van der Waals surface area contributed by atoms with Crippen molar-refractivity contribution in [1.82, 2.24) is 24.8 Å². The van der Waals surface area contributed by atoms with Gasteiger partial charge in [0.25, 0.3) is 0 Å². The second-order valence-corrected chi connectivity index (χ2v) is 6.27. The van der Waals surface area contributed by atoms with Crippen LogP contribution < -0.4 is 11.3 Å². The lowest BCUT2D eigenvalue weighted by molar-refractivity contribution is 0.507. The van der Waals surface area contributed by atoms with Crippen molar-refractivity contribution < 1.29 is 0 Å². The highest BCUT2D eigenvalue weighted by Gasteiger charge is 2.21. The minimum Gasteiger partial charge on any atom is -0.271 e. The van der Waals surface area contributed by atoms with E-state index in [4.69, 9.17) is 5.84 Å². The van der Waals surface area contributed by atoms with E-state index < -0.39 is 0 Å². The molecule has 1 atom stereocenters. The molecular weight excluding hydrogens is 272 g/mol. The van der Waals surface area contributed by atoms with Crippen molar-refractivity contribution in [2.24, 2.45) is 5.84 Å². The Kier molecular flexibility index (Phi) is 4.85. The Morgan fingerprint density at radius 1 is 1.35 bits per heavy atom. The van der Waals surface area contributed by atoms with Crippen LogP contribution in [0.1, 0.15) is 62.0 Å². The molecule has 0 fully saturated rings. The summed E-state index contributed by atoms with van der Waals surface area (Å²) in [4.78, 5) is 1.10. The molecule has 0 aliphatic heterocycles. The van der Waals surface area contributed by atoms with Gasteiger partial charge in [0.1, 0.15) is 0 Å². The molecular formula is C13H22N6S. The maximum absolute atomic E-state index is 5.71. The standard InChI is InChI=1S/C13H22N6S/c1-8(2)12-13(20-18-16-12)11(15-14)7-10-5-6-19(17-10)9(3)4/h5-6,8-9,11,15H,7,14H2,1-4H3. The van der Waals surface area contributed by atoms with Crippen LogP contribution in [-0.4, -0.2) is 19.4 Å². The molecule has 0 saturated carbocycles. The number of hydrogen-bond acceptors (Lipinski definition) is 6. The molecule has 7 heteroatoms. The molecule has 2 aromatic heterocycles. The highest BCUT2D eigenvalue weighted by molar-refractivity contribution is 7.05. The van der Waals surface area contributed by atoms with Crippen molar-refractivity contribution in [3.05, 3.63) is 28.5 Å². The van der Waals surface area contributed by atoms with Gasteiger partial charge in [0, 0.05) is 18.7 Å². The average molecular weight is 294 g/mol. The summed E-state index contributed by atoms with van der Waals surface area (Å²) in [5.41, 5.74) is 4.90. The summed E-state index contributed by atoms with van der Waals surface area (Å²) in [5.74, 6) is 6.05. The van der Waals surface area contributed by atoms with Crippen LogP contribution in [0, 0.1) is 0 Å². The summed E-state index contributed by atoms with van der Waals surface area (Å²) in [6.07, 6.45) is 2.74. The molecule has 2 rings (SSSR count). The van der Waals surface area contributed by atoms with Crippen LogP contribution in [0.5, 0.6) is 0 Å². The molecule has 0 saturated heterocycles. The third-order valence-electron chi connectivity index (χ3n) is 3.21. The first-order valence-electron chi connectivity index (χ1n) is 6.85. The third-order valence-corrected chi connectivity index (χ3v) is 4.06. The van der Waals surface area contributed by atoms with Gasteiger partial charge in [-0.15, -0.1) is 5.10 Å². The van der Waals surface area contributed by atoms with E-state index in [2.05, 4.69) is 47.8 Å². The van der Waals surface area contributed by atoms with Gasteiger partial charge in [-0.25, -0.2) is 0 Å². The SMILES string of the molecule is CC(C)c1nnsc1C(Cc1ccn(C(C)C)n1)NN. The smallest absolute Gasteiger partial charge is 0.0829 e. The zero-order valence-electron chi connectivity index (χ0n) is 12.4. The molecule has 0 spiro atoms. The second-order valence-electron chi connectivity index (χ2n) is 5.48. The molecule has 0 aliphatic rings. The van der Waals surface area contributed by atoms with Crippen LogP contribution in [0.2, 0.25) is 0 Å². The summed E-state index contributed by atoms with van der Waals surface area (Å²) in [6.45, 7) is 8.45. The lowest BCUT2D eigenvalue weighted by Crippen LogP contribution is -2.30. The first-order chi connectivity index (χ1) is 9.52. The van der Waals surface area contributed by atoms with Crippen LogP contribution >= 0.6 is 11.5 Å².